The summed E-state index contributed by atoms with van der Waals surface area (Å²) in [7, 11) is 0. The van der Waals surface area contributed by atoms with Gasteiger partial charge in [0.1, 0.15) is 5.69 Å². The molecule has 0 saturated carbocycles. The van der Waals surface area contributed by atoms with Crippen molar-refractivity contribution in [3.05, 3.63) is 24.0 Å². The first-order chi connectivity index (χ1) is 9.58. The lowest BCUT2D eigenvalue weighted by Crippen LogP contribution is -2.42. The minimum Gasteiger partial charge on any atom is -0.385 e. The van der Waals surface area contributed by atoms with Crippen LogP contribution in [0.3, 0.4) is 0 Å². The van der Waals surface area contributed by atoms with E-state index in [4.69, 9.17) is 4.74 Å². The van der Waals surface area contributed by atoms with Gasteiger partial charge in [-0.1, -0.05) is 13.8 Å². The molecule has 2 N–H and O–H groups in total. The molecule has 0 aromatic carbocycles. The number of hydrogen-bond acceptors (Lipinski definition) is 4. The highest BCUT2D eigenvalue weighted by atomic mass is 16.5. The van der Waals surface area contributed by atoms with Crippen molar-refractivity contribution in [1.82, 2.24) is 10.3 Å². The molecule has 5 nitrogen and oxygen atoms in total. The van der Waals surface area contributed by atoms with Gasteiger partial charge in [-0.2, -0.15) is 0 Å². The second-order valence-corrected chi connectivity index (χ2v) is 4.94. The first-order valence-corrected chi connectivity index (χ1v) is 7.17. The van der Waals surface area contributed by atoms with E-state index in [0.29, 0.717) is 24.8 Å². The third kappa shape index (κ3) is 5.17. The van der Waals surface area contributed by atoms with E-state index in [-0.39, 0.29) is 11.9 Å². The number of hydrogen-bond donors (Lipinski definition) is 2. The van der Waals surface area contributed by atoms with Crippen LogP contribution < -0.4 is 10.6 Å². The maximum absolute atomic E-state index is 12.2. The average Bonchev–Trinajstić information content (AvgIpc) is 2.43. The third-order valence-electron chi connectivity index (χ3n) is 3.00. The molecule has 1 rings (SSSR count). The first-order valence-electron chi connectivity index (χ1n) is 7.17. The molecule has 0 saturated heterocycles. The molecular formula is C15H25N3O2. The van der Waals surface area contributed by atoms with Crippen molar-refractivity contribution in [1.29, 1.82) is 0 Å². The Balaban J connectivity index is 2.70. The van der Waals surface area contributed by atoms with Crippen molar-refractivity contribution in [2.75, 3.05) is 25.1 Å². The molecule has 1 unspecified atom stereocenters. The fourth-order valence-corrected chi connectivity index (χ4v) is 1.76. The fraction of sp³-hybridized carbons (Fsp3) is 0.600. The third-order valence-corrected chi connectivity index (χ3v) is 3.00. The Kier molecular flexibility index (Phi) is 7.01. The summed E-state index contributed by atoms with van der Waals surface area (Å²) in [6.07, 6.45) is 1.64. The Morgan fingerprint density at radius 3 is 2.75 bits per heavy atom. The highest BCUT2D eigenvalue weighted by Crippen LogP contribution is 2.09. The molecule has 20 heavy (non-hydrogen) atoms. The summed E-state index contributed by atoms with van der Waals surface area (Å²) in [5, 5.41) is 6.15. The van der Waals surface area contributed by atoms with E-state index in [1.807, 2.05) is 19.9 Å². The monoisotopic (exact) mass is 279 g/mol. The summed E-state index contributed by atoms with van der Waals surface area (Å²) >= 11 is 0. The second kappa shape index (κ2) is 8.53. The van der Waals surface area contributed by atoms with Crippen LogP contribution in [0.15, 0.2) is 18.3 Å². The minimum absolute atomic E-state index is 0.00737. The zero-order valence-electron chi connectivity index (χ0n) is 12.8. The molecule has 0 aliphatic rings. The van der Waals surface area contributed by atoms with E-state index in [0.717, 1.165) is 12.2 Å². The van der Waals surface area contributed by atoms with Crippen molar-refractivity contribution >= 4 is 11.6 Å². The molecular weight excluding hydrogens is 254 g/mol. The minimum atomic E-state index is -0.164. The number of amides is 1. The topological polar surface area (TPSA) is 63.2 Å². The van der Waals surface area contributed by atoms with Gasteiger partial charge in [-0.3, -0.25) is 9.78 Å². The lowest BCUT2D eigenvalue weighted by molar-refractivity contribution is 0.0802. The number of anilines is 1. The van der Waals surface area contributed by atoms with Crippen molar-refractivity contribution in [2.45, 2.75) is 33.7 Å². The van der Waals surface area contributed by atoms with Gasteiger partial charge in [0.05, 0.1) is 12.6 Å². The van der Waals surface area contributed by atoms with Crippen LogP contribution in [0.2, 0.25) is 0 Å². The molecule has 0 fully saturated rings. The summed E-state index contributed by atoms with van der Waals surface area (Å²) in [4.78, 5) is 16.3. The zero-order valence-corrected chi connectivity index (χ0v) is 12.8. The molecule has 0 aliphatic heterocycles. The Labute approximate surface area is 121 Å². The van der Waals surface area contributed by atoms with Crippen LogP contribution in [0.25, 0.3) is 0 Å². The van der Waals surface area contributed by atoms with Gasteiger partial charge in [0.15, 0.2) is 0 Å². The van der Waals surface area contributed by atoms with Crippen LogP contribution in [0.4, 0.5) is 5.69 Å². The normalized spacial score (nSPS) is 12.2. The van der Waals surface area contributed by atoms with Gasteiger partial charge in [-0.05, 0) is 31.9 Å². The first kappa shape index (κ1) is 16.4. The molecule has 1 heterocycles. The van der Waals surface area contributed by atoms with E-state index >= 15 is 0 Å². The second-order valence-electron chi connectivity index (χ2n) is 4.94. The summed E-state index contributed by atoms with van der Waals surface area (Å²) in [5.41, 5.74) is 1.32. The van der Waals surface area contributed by atoms with Crippen molar-refractivity contribution in [3.63, 3.8) is 0 Å². The number of aromatic nitrogens is 1. The summed E-state index contributed by atoms with van der Waals surface area (Å²) in [5.74, 6) is 0.144. The van der Waals surface area contributed by atoms with Crippen molar-refractivity contribution in [2.24, 2.45) is 5.92 Å². The fourth-order valence-electron chi connectivity index (χ4n) is 1.76. The van der Waals surface area contributed by atoms with Crippen LogP contribution in [0, 0.1) is 5.92 Å². The van der Waals surface area contributed by atoms with Gasteiger partial charge in [-0.15, -0.1) is 0 Å². The van der Waals surface area contributed by atoms with E-state index in [1.54, 1.807) is 12.3 Å². The lowest BCUT2D eigenvalue weighted by atomic mass is 10.1. The Morgan fingerprint density at radius 1 is 1.40 bits per heavy atom. The molecule has 1 aromatic heterocycles. The summed E-state index contributed by atoms with van der Waals surface area (Å²) in [6.45, 7) is 10.1. The lowest BCUT2D eigenvalue weighted by Gasteiger charge is -2.22. The Morgan fingerprint density at radius 2 is 2.15 bits per heavy atom. The highest BCUT2D eigenvalue weighted by molar-refractivity contribution is 5.93. The van der Waals surface area contributed by atoms with E-state index in [1.165, 1.54) is 0 Å². The highest BCUT2D eigenvalue weighted by Gasteiger charge is 2.18. The van der Waals surface area contributed by atoms with Crippen LogP contribution in [0.1, 0.15) is 38.2 Å². The predicted octanol–water partition coefficient (Wildman–Crippen LogP) is 2.30. The Hall–Kier alpha value is -1.62. The van der Waals surface area contributed by atoms with Gasteiger partial charge >= 0.3 is 0 Å². The molecule has 112 valence electrons. The van der Waals surface area contributed by atoms with E-state index in [9.17, 15) is 4.79 Å². The van der Waals surface area contributed by atoms with Gasteiger partial charge < -0.3 is 15.4 Å². The zero-order chi connectivity index (χ0) is 15.0. The molecule has 1 amide bonds. The summed E-state index contributed by atoms with van der Waals surface area (Å²) < 4.78 is 5.41. The van der Waals surface area contributed by atoms with E-state index < -0.39 is 0 Å². The summed E-state index contributed by atoms with van der Waals surface area (Å²) in [6, 6.07) is 3.60. The number of carbonyl (C=O) groups is 1. The van der Waals surface area contributed by atoms with Gasteiger partial charge in [0.25, 0.3) is 5.91 Å². The molecule has 5 heteroatoms. The molecule has 0 aliphatic carbocycles. The molecule has 1 atom stereocenters. The molecule has 0 spiro atoms. The number of rotatable bonds is 8. The maximum Gasteiger partial charge on any atom is 0.270 e. The van der Waals surface area contributed by atoms with E-state index in [2.05, 4.69) is 29.5 Å². The smallest absolute Gasteiger partial charge is 0.270 e. The number of pyridine rings is 1. The van der Waals surface area contributed by atoms with Crippen molar-refractivity contribution < 1.29 is 9.53 Å². The van der Waals surface area contributed by atoms with Gasteiger partial charge in [-0.25, -0.2) is 0 Å². The number of carbonyl (C=O) groups excluding carboxylic acids is 1. The van der Waals surface area contributed by atoms with Crippen LogP contribution in [0.5, 0.6) is 0 Å². The van der Waals surface area contributed by atoms with Crippen LogP contribution >= 0.6 is 0 Å². The number of nitrogens with zero attached hydrogens (tertiary/aromatic N) is 1. The molecule has 0 radical (unpaired) electrons. The largest absolute Gasteiger partial charge is 0.385 e. The van der Waals surface area contributed by atoms with Crippen LogP contribution in [-0.4, -0.2) is 36.7 Å². The number of ether oxygens (including phenoxy) is 1. The predicted molar refractivity (Wildman–Crippen MR) is 81.0 cm³/mol. The van der Waals surface area contributed by atoms with Crippen LogP contribution in [-0.2, 0) is 4.74 Å². The number of nitrogens with one attached hydrogen (secondary N) is 2. The van der Waals surface area contributed by atoms with Gasteiger partial charge in [0.2, 0.25) is 0 Å². The van der Waals surface area contributed by atoms with Gasteiger partial charge in [0, 0.05) is 25.0 Å². The standard InChI is InChI=1S/C15H25N3O2/c1-5-16-12-7-8-17-13(9-12)15(19)18-14(11(3)4)10-20-6-2/h7-9,11,14H,5-6,10H2,1-4H3,(H,16,17)(H,18,19). The van der Waals surface area contributed by atoms with Crippen molar-refractivity contribution in [3.8, 4) is 0 Å². The average molecular weight is 279 g/mol. The SMILES string of the molecule is CCNc1ccnc(C(=O)NC(COCC)C(C)C)c1. The molecule has 0 bridgehead atoms. The maximum atomic E-state index is 12.2. The Bertz CT molecular complexity index is 421. The molecule has 1 aromatic rings. The quantitative estimate of drug-likeness (QED) is 0.766.